The van der Waals surface area contributed by atoms with E-state index in [2.05, 4.69) is 9.97 Å². The van der Waals surface area contributed by atoms with Crippen molar-refractivity contribution >= 4 is 23.0 Å². The summed E-state index contributed by atoms with van der Waals surface area (Å²) < 4.78 is 11.9. The third-order valence-corrected chi connectivity index (χ3v) is 5.17. The first-order valence-electron chi connectivity index (χ1n) is 8.79. The van der Waals surface area contributed by atoms with E-state index in [1.807, 2.05) is 37.3 Å². The Labute approximate surface area is 170 Å². The molecule has 0 aliphatic rings. The van der Waals surface area contributed by atoms with Crippen molar-refractivity contribution in [2.45, 2.75) is 13.5 Å². The normalized spacial score (nSPS) is 10.8. The second kappa shape index (κ2) is 7.84. The Balaban J connectivity index is 1.48. The lowest BCUT2D eigenvalue weighted by molar-refractivity contribution is 0.0462. The van der Waals surface area contributed by atoms with Crippen LogP contribution in [0.3, 0.4) is 0 Å². The van der Waals surface area contributed by atoms with Crippen LogP contribution < -0.4 is 10.3 Å². The van der Waals surface area contributed by atoms with Gasteiger partial charge in [0.05, 0.1) is 12.8 Å². The molecule has 0 N–H and O–H groups in total. The minimum Gasteiger partial charge on any atom is -0.497 e. The number of aromatic nitrogens is 3. The number of ether oxygens (including phenoxy) is 2. The average Bonchev–Trinajstić information content (AvgIpc) is 3.22. The number of benzene rings is 1. The highest BCUT2D eigenvalue weighted by atomic mass is 32.1. The summed E-state index contributed by atoms with van der Waals surface area (Å²) in [5.41, 5.74) is 2.76. The fourth-order valence-corrected chi connectivity index (χ4v) is 3.57. The number of carbonyl (C=O) groups excluding carboxylic acids is 1. The summed E-state index contributed by atoms with van der Waals surface area (Å²) in [6.45, 7) is 1.81. The number of fused-ring (bicyclic) bond motifs is 1. The molecule has 4 rings (SSSR count). The number of thiazole rings is 1. The maximum Gasteiger partial charge on any atom is 0.358 e. The van der Waals surface area contributed by atoms with Crippen LogP contribution in [0.2, 0.25) is 0 Å². The molecular weight excluding hydrogens is 390 g/mol. The van der Waals surface area contributed by atoms with Gasteiger partial charge >= 0.3 is 5.97 Å². The van der Waals surface area contributed by atoms with Crippen LogP contribution in [0.5, 0.6) is 5.75 Å². The number of rotatable bonds is 5. The van der Waals surface area contributed by atoms with E-state index in [9.17, 15) is 9.59 Å². The molecule has 4 aromatic rings. The van der Waals surface area contributed by atoms with Gasteiger partial charge in [-0.05, 0) is 48.9 Å². The Morgan fingerprint density at radius 1 is 1.14 bits per heavy atom. The number of nitrogens with zero attached hydrogens (tertiary/aromatic N) is 3. The highest BCUT2D eigenvalue weighted by Gasteiger charge is 2.14. The van der Waals surface area contributed by atoms with Crippen LogP contribution in [0.1, 0.15) is 21.7 Å². The lowest BCUT2D eigenvalue weighted by Crippen LogP contribution is -2.16. The molecule has 0 aliphatic heterocycles. The number of pyridine rings is 1. The zero-order valence-corrected chi connectivity index (χ0v) is 16.6. The van der Waals surface area contributed by atoms with E-state index >= 15 is 0 Å². The molecule has 1 aromatic carbocycles. The zero-order chi connectivity index (χ0) is 20.4. The quantitative estimate of drug-likeness (QED) is 0.471. The number of hydrogen-bond acceptors (Lipinski definition) is 7. The first kappa shape index (κ1) is 18.8. The molecule has 146 valence electrons. The van der Waals surface area contributed by atoms with Crippen molar-refractivity contribution in [3.8, 4) is 16.3 Å². The Morgan fingerprint density at radius 2 is 1.93 bits per heavy atom. The molecule has 0 fully saturated rings. The summed E-state index contributed by atoms with van der Waals surface area (Å²) in [4.78, 5) is 33.3. The second-order valence-corrected chi connectivity index (χ2v) is 7.22. The predicted octanol–water partition coefficient (Wildman–Crippen LogP) is 3.49. The molecule has 0 aliphatic carbocycles. The fourth-order valence-electron chi connectivity index (χ4n) is 2.77. The smallest absolute Gasteiger partial charge is 0.358 e. The Kier molecular flexibility index (Phi) is 5.09. The van der Waals surface area contributed by atoms with Gasteiger partial charge in [-0.15, -0.1) is 11.3 Å². The second-order valence-electron chi connectivity index (χ2n) is 6.36. The van der Waals surface area contributed by atoms with Crippen molar-refractivity contribution in [2.24, 2.45) is 0 Å². The molecule has 0 saturated carbocycles. The van der Waals surface area contributed by atoms with Crippen LogP contribution in [0, 0.1) is 6.92 Å². The highest BCUT2D eigenvalue weighted by Crippen LogP contribution is 2.26. The molecule has 0 bridgehead atoms. The number of methoxy groups -OCH3 is 1. The van der Waals surface area contributed by atoms with Crippen LogP contribution in [0.25, 0.3) is 16.2 Å². The average molecular weight is 407 g/mol. The van der Waals surface area contributed by atoms with E-state index in [1.54, 1.807) is 24.8 Å². The topological polar surface area (TPSA) is 82.8 Å². The molecule has 0 atom stereocenters. The lowest BCUT2D eigenvalue weighted by atomic mass is 10.2. The molecule has 8 heteroatoms. The largest absolute Gasteiger partial charge is 0.497 e. The summed E-state index contributed by atoms with van der Waals surface area (Å²) in [5.74, 6) is 0.186. The van der Waals surface area contributed by atoms with Gasteiger partial charge in [-0.3, -0.25) is 9.20 Å². The first-order valence-corrected chi connectivity index (χ1v) is 9.67. The van der Waals surface area contributed by atoms with Crippen LogP contribution in [-0.4, -0.2) is 27.4 Å². The third-order valence-electron chi connectivity index (χ3n) is 4.28. The van der Waals surface area contributed by atoms with Crippen LogP contribution >= 0.6 is 11.3 Å². The van der Waals surface area contributed by atoms with Crippen molar-refractivity contribution in [1.82, 2.24) is 14.4 Å². The predicted molar refractivity (Wildman–Crippen MR) is 109 cm³/mol. The highest BCUT2D eigenvalue weighted by molar-refractivity contribution is 7.13. The van der Waals surface area contributed by atoms with E-state index in [0.29, 0.717) is 16.3 Å². The van der Waals surface area contributed by atoms with Gasteiger partial charge in [-0.1, -0.05) is 0 Å². The first-order chi connectivity index (χ1) is 14.0. The van der Waals surface area contributed by atoms with Crippen molar-refractivity contribution in [2.75, 3.05) is 7.11 Å². The molecule has 0 amide bonds. The maximum atomic E-state index is 12.4. The minimum absolute atomic E-state index is 0.103. The Bertz CT molecular complexity index is 1250. The van der Waals surface area contributed by atoms with Gasteiger partial charge in [-0.2, -0.15) is 0 Å². The Morgan fingerprint density at radius 3 is 2.69 bits per heavy atom. The number of esters is 1. The molecular formula is C21H17N3O4S. The van der Waals surface area contributed by atoms with E-state index in [-0.39, 0.29) is 17.9 Å². The summed E-state index contributed by atoms with van der Waals surface area (Å²) in [6.07, 6.45) is 1.67. The van der Waals surface area contributed by atoms with Crippen molar-refractivity contribution < 1.29 is 14.3 Å². The molecule has 0 spiro atoms. The van der Waals surface area contributed by atoms with E-state index in [1.165, 1.54) is 21.8 Å². The van der Waals surface area contributed by atoms with Crippen LogP contribution in [-0.2, 0) is 11.3 Å². The molecule has 0 radical (unpaired) electrons. The fraction of sp³-hybridized carbons (Fsp3) is 0.143. The van der Waals surface area contributed by atoms with E-state index < -0.39 is 5.97 Å². The van der Waals surface area contributed by atoms with E-state index in [4.69, 9.17) is 9.47 Å². The zero-order valence-electron chi connectivity index (χ0n) is 15.8. The summed E-state index contributed by atoms with van der Waals surface area (Å²) >= 11 is 1.35. The third kappa shape index (κ3) is 4.02. The molecule has 0 saturated heterocycles. The van der Waals surface area contributed by atoms with Gasteiger partial charge in [0.15, 0.2) is 5.69 Å². The minimum atomic E-state index is -0.563. The van der Waals surface area contributed by atoms with Crippen molar-refractivity contribution in [1.29, 1.82) is 0 Å². The van der Waals surface area contributed by atoms with E-state index in [0.717, 1.165) is 16.9 Å². The molecule has 29 heavy (non-hydrogen) atoms. The molecule has 0 unspecified atom stereocenters. The van der Waals surface area contributed by atoms with Gasteiger partial charge < -0.3 is 9.47 Å². The van der Waals surface area contributed by atoms with Gasteiger partial charge in [0.2, 0.25) is 0 Å². The summed E-state index contributed by atoms with van der Waals surface area (Å²) in [7, 11) is 1.60. The van der Waals surface area contributed by atoms with Crippen molar-refractivity contribution in [3.05, 3.63) is 81.3 Å². The van der Waals surface area contributed by atoms with Gasteiger partial charge in [-0.25, -0.2) is 14.8 Å². The van der Waals surface area contributed by atoms with Crippen molar-refractivity contribution in [3.63, 3.8) is 0 Å². The summed E-state index contributed by atoms with van der Waals surface area (Å²) in [6, 6.07) is 12.4. The number of carbonyl (C=O) groups is 1. The van der Waals surface area contributed by atoms with Crippen LogP contribution in [0.4, 0.5) is 0 Å². The Hall–Kier alpha value is -3.52. The maximum absolute atomic E-state index is 12.4. The van der Waals surface area contributed by atoms with Gasteiger partial charge in [0.1, 0.15) is 23.0 Å². The SMILES string of the molecule is COc1ccc(-c2nc(C(=O)OCc3cc(=O)n4ccc(C)cc4n3)cs2)cc1. The molecule has 7 nitrogen and oxygen atoms in total. The summed E-state index contributed by atoms with van der Waals surface area (Å²) in [5, 5.41) is 2.35. The molecule has 3 heterocycles. The standard InChI is InChI=1S/C21H17N3O4S/c1-13-7-8-24-18(9-13)22-15(10-19(24)25)11-28-21(26)17-12-29-20(23-17)14-3-5-16(27-2)6-4-14/h3-10,12H,11H2,1-2H3. The number of hydrogen-bond donors (Lipinski definition) is 0. The molecule has 3 aromatic heterocycles. The monoisotopic (exact) mass is 407 g/mol. The van der Waals surface area contributed by atoms with Gasteiger partial charge in [0.25, 0.3) is 5.56 Å². The van der Waals surface area contributed by atoms with Gasteiger partial charge in [0, 0.05) is 23.2 Å². The van der Waals surface area contributed by atoms with Crippen LogP contribution in [0.15, 0.2) is 58.8 Å². The number of aryl methyl sites for hydroxylation is 1. The lowest BCUT2D eigenvalue weighted by Gasteiger charge is -2.05.